The molecule has 0 aliphatic rings. The summed E-state index contributed by atoms with van der Waals surface area (Å²) in [7, 11) is 0. The smallest absolute Gasteiger partial charge is 0.206 e. The van der Waals surface area contributed by atoms with Gasteiger partial charge in [0, 0.05) is 33.6 Å². The third-order valence-corrected chi connectivity index (χ3v) is 4.86. The van der Waals surface area contributed by atoms with Crippen LogP contribution in [0.5, 0.6) is 11.5 Å². The van der Waals surface area contributed by atoms with Crippen molar-refractivity contribution in [2.24, 2.45) is 10.1 Å². The molecule has 2 aromatic carbocycles. The number of aromatic hydroxyl groups is 2. The number of hydrogen-bond acceptors (Lipinski definition) is 5. The third kappa shape index (κ3) is 4.40. The summed E-state index contributed by atoms with van der Waals surface area (Å²) in [5.41, 5.74) is 2.92. The monoisotopic (exact) mass is 401 g/mol. The Morgan fingerprint density at radius 2 is 1.93 bits per heavy atom. The molecule has 0 bridgehead atoms. The van der Waals surface area contributed by atoms with Crippen molar-refractivity contribution in [2.75, 3.05) is 0 Å². The lowest BCUT2D eigenvalue weighted by Gasteiger charge is -2.08. The predicted molar refractivity (Wildman–Crippen MR) is 111 cm³/mol. The molecule has 1 aromatic heterocycles. The van der Waals surface area contributed by atoms with E-state index in [1.54, 1.807) is 17.7 Å². The fraction of sp³-hybridized carbons (Fsp3) is 0.200. The van der Waals surface area contributed by atoms with Crippen LogP contribution in [-0.4, -0.2) is 26.6 Å². The number of rotatable bonds is 4. The molecule has 2 N–H and O–H groups in total. The normalized spacial score (nSPS) is 12.8. The second kappa shape index (κ2) is 7.98. The highest BCUT2D eigenvalue weighted by atomic mass is 35.5. The van der Waals surface area contributed by atoms with Crippen molar-refractivity contribution in [1.82, 2.24) is 4.68 Å². The minimum atomic E-state index is -0.0290. The second-order valence-electron chi connectivity index (χ2n) is 6.34. The van der Waals surface area contributed by atoms with Crippen LogP contribution in [0, 0.1) is 0 Å². The SMILES string of the molecule is CC(=Nn1c(-c2cccc(Cl)c2)csc1=NC(C)C)c1ccc(O)cc1O. The molecule has 0 saturated carbocycles. The molecule has 3 aromatic rings. The quantitative estimate of drug-likeness (QED) is 0.612. The molecular weight excluding hydrogens is 382 g/mol. The molecule has 0 aliphatic heterocycles. The Labute approximate surface area is 166 Å². The van der Waals surface area contributed by atoms with Gasteiger partial charge in [0.25, 0.3) is 0 Å². The molecule has 0 fully saturated rings. The molecule has 27 heavy (non-hydrogen) atoms. The molecule has 0 radical (unpaired) electrons. The van der Waals surface area contributed by atoms with Gasteiger partial charge >= 0.3 is 0 Å². The predicted octanol–water partition coefficient (Wildman–Crippen LogP) is 4.86. The number of nitrogens with zero attached hydrogens (tertiary/aromatic N) is 3. The first kappa shape index (κ1) is 19.2. The van der Waals surface area contributed by atoms with Crippen molar-refractivity contribution in [3.05, 3.63) is 63.2 Å². The zero-order chi connectivity index (χ0) is 19.6. The van der Waals surface area contributed by atoms with Crippen LogP contribution in [0.4, 0.5) is 0 Å². The lowest BCUT2D eigenvalue weighted by Crippen LogP contribution is -2.16. The highest BCUT2D eigenvalue weighted by Gasteiger charge is 2.11. The van der Waals surface area contributed by atoms with Crippen LogP contribution in [0.2, 0.25) is 5.02 Å². The Kier molecular flexibility index (Phi) is 5.68. The average Bonchev–Trinajstić information content (AvgIpc) is 2.96. The largest absolute Gasteiger partial charge is 0.508 e. The van der Waals surface area contributed by atoms with Crippen LogP contribution in [0.1, 0.15) is 26.3 Å². The maximum atomic E-state index is 10.1. The molecule has 0 spiro atoms. The summed E-state index contributed by atoms with van der Waals surface area (Å²) in [5, 5.41) is 27.0. The summed E-state index contributed by atoms with van der Waals surface area (Å²) in [6, 6.07) is 12.1. The first-order valence-electron chi connectivity index (χ1n) is 8.43. The van der Waals surface area contributed by atoms with Gasteiger partial charge in [-0.05, 0) is 45.0 Å². The Morgan fingerprint density at radius 3 is 2.59 bits per heavy atom. The van der Waals surface area contributed by atoms with Crippen molar-refractivity contribution >= 4 is 28.6 Å². The lowest BCUT2D eigenvalue weighted by atomic mass is 10.1. The van der Waals surface area contributed by atoms with Gasteiger partial charge in [0.15, 0.2) is 0 Å². The summed E-state index contributed by atoms with van der Waals surface area (Å²) in [5.74, 6) is -0.0268. The molecule has 0 aliphatic carbocycles. The van der Waals surface area contributed by atoms with Crippen LogP contribution in [0.15, 0.2) is 57.9 Å². The van der Waals surface area contributed by atoms with E-state index in [0.29, 0.717) is 16.3 Å². The highest BCUT2D eigenvalue weighted by Crippen LogP contribution is 2.26. The molecule has 7 heteroatoms. The lowest BCUT2D eigenvalue weighted by molar-refractivity contribution is 0.450. The number of thiazole rings is 1. The Hall–Kier alpha value is -2.57. The number of phenolic OH excluding ortho intramolecular Hbond substituents is 2. The van der Waals surface area contributed by atoms with E-state index in [1.165, 1.54) is 23.5 Å². The Bertz CT molecular complexity index is 1070. The van der Waals surface area contributed by atoms with Crippen molar-refractivity contribution < 1.29 is 10.2 Å². The second-order valence-corrected chi connectivity index (χ2v) is 7.61. The Balaban J connectivity index is 2.19. The maximum Gasteiger partial charge on any atom is 0.206 e. The number of hydrogen-bond donors (Lipinski definition) is 2. The van der Waals surface area contributed by atoms with Gasteiger partial charge in [-0.2, -0.15) is 5.10 Å². The van der Waals surface area contributed by atoms with E-state index in [-0.39, 0.29) is 17.5 Å². The first-order chi connectivity index (χ1) is 12.8. The Morgan fingerprint density at radius 1 is 1.15 bits per heavy atom. The summed E-state index contributed by atoms with van der Waals surface area (Å²) in [6.07, 6.45) is 0. The standard InChI is InChI=1S/C20H20ClN3O2S/c1-12(2)22-20-24(18(11-27-20)14-5-4-6-15(21)9-14)23-13(3)17-8-7-16(25)10-19(17)26/h4-12,25-26H,1-3H3. The molecule has 0 unspecified atom stereocenters. The van der Waals surface area contributed by atoms with Gasteiger partial charge in [0.1, 0.15) is 11.5 Å². The number of halogens is 1. The third-order valence-electron chi connectivity index (χ3n) is 3.80. The van der Waals surface area contributed by atoms with Crippen LogP contribution in [0.3, 0.4) is 0 Å². The minimum Gasteiger partial charge on any atom is -0.508 e. The van der Waals surface area contributed by atoms with Gasteiger partial charge in [0.2, 0.25) is 4.80 Å². The molecule has 5 nitrogen and oxygen atoms in total. The fourth-order valence-electron chi connectivity index (χ4n) is 2.58. The van der Waals surface area contributed by atoms with Gasteiger partial charge in [-0.1, -0.05) is 23.7 Å². The van der Waals surface area contributed by atoms with E-state index in [2.05, 4.69) is 4.99 Å². The molecule has 3 rings (SSSR count). The number of phenols is 2. The fourth-order valence-corrected chi connectivity index (χ4v) is 3.74. The molecule has 1 heterocycles. The van der Waals surface area contributed by atoms with Gasteiger partial charge in [-0.25, -0.2) is 4.68 Å². The van der Waals surface area contributed by atoms with Crippen LogP contribution < -0.4 is 4.80 Å². The molecule has 140 valence electrons. The number of aromatic nitrogens is 1. The van der Waals surface area contributed by atoms with Crippen molar-refractivity contribution in [2.45, 2.75) is 26.8 Å². The van der Waals surface area contributed by atoms with E-state index in [4.69, 9.17) is 16.7 Å². The molecule has 0 amide bonds. The van der Waals surface area contributed by atoms with E-state index in [1.807, 2.05) is 43.5 Å². The van der Waals surface area contributed by atoms with Gasteiger partial charge in [0.05, 0.1) is 11.4 Å². The summed E-state index contributed by atoms with van der Waals surface area (Å²) >= 11 is 7.65. The molecule has 0 atom stereocenters. The molecule has 0 saturated heterocycles. The minimum absolute atomic E-state index is 0.00218. The van der Waals surface area contributed by atoms with Crippen molar-refractivity contribution in [3.8, 4) is 22.8 Å². The van der Waals surface area contributed by atoms with E-state index < -0.39 is 0 Å². The van der Waals surface area contributed by atoms with E-state index >= 15 is 0 Å². The average molecular weight is 402 g/mol. The van der Waals surface area contributed by atoms with Crippen LogP contribution in [-0.2, 0) is 0 Å². The zero-order valence-electron chi connectivity index (χ0n) is 15.2. The topological polar surface area (TPSA) is 70.1 Å². The highest BCUT2D eigenvalue weighted by molar-refractivity contribution is 7.07. The first-order valence-corrected chi connectivity index (χ1v) is 9.69. The van der Waals surface area contributed by atoms with Gasteiger partial charge in [-0.3, -0.25) is 4.99 Å². The summed E-state index contributed by atoms with van der Waals surface area (Å²) < 4.78 is 1.76. The van der Waals surface area contributed by atoms with Crippen LogP contribution in [0.25, 0.3) is 11.3 Å². The van der Waals surface area contributed by atoms with Crippen molar-refractivity contribution in [1.29, 1.82) is 0 Å². The summed E-state index contributed by atoms with van der Waals surface area (Å²) in [6.45, 7) is 5.81. The van der Waals surface area contributed by atoms with E-state index in [0.717, 1.165) is 16.1 Å². The molecular formula is C20H20ClN3O2S. The van der Waals surface area contributed by atoms with E-state index in [9.17, 15) is 10.2 Å². The maximum absolute atomic E-state index is 10.1. The van der Waals surface area contributed by atoms with Crippen molar-refractivity contribution in [3.63, 3.8) is 0 Å². The number of benzene rings is 2. The van der Waals surface area contributed by atoms with Crippen LogP contribution >= 0.6 is 22.9 Å². The van der Waals surface area contributed by atoms with Gasteiger partial charge < -0.3 is 10.2 Å². The zero-order valence-corrected chi connectivity index (χ0v) is 16.8. The summed E-state index contributed by atoms with van der Waals surface area (Å²) in [4.78, 5) is 5.40. The van der Waals surface area contributed by atoms with Gasteiger partial charge in [-0.15, -0.1) is 11.3 Å².